The summed E-state index contributed by atoms with van der Waals surface area (Å²) in [4.78, 5) is 12.6. The number of amides is 1. The van der Waals surface area contributed by atoms with Crippen LogP contribution in [-0.2, 0) is 4.74 Å². The average molecular weight is 281 g/mol. The van der Waals surface area contributed by atoms with E-state index in [9.17, 15) is 4.79 Å². The van der Waals surface area contributed by atoms with Crippen LogP contribution < -0.4 is 16.4 Å². The van der Waals surface area contributed by atoms with E-state index in [1.54, 1.807) is 0 Å². The second kappa shape index (κ2) is 5.38. The molecule has 5 nitrogen and oxygen atoms in total. The highest BCUT2D eigenvalue weighted by Crippen LogP contribution is 2.30. The first-order valence-corrected chi connectivity index (χ1v) is 7.59. The fraction of sp³-hybridized carbons (Fsp3) is 0.615. The fourth-order valence-electron chi connectivity index (χ4n) is 2.17. The number of hydrogen-bond donors (Lipinski definition) is 3. The van der Waals surface area contributed by atoms with Crippen LogP contribution in [0.25, 0.3) is 0 Å². The molecular formula is C13H19N3O2S. The maximum absolute atomic E-state index is 12.0. The molecule has 1 saturated carbocycles. The van der Waals surface area contributed by atoms with E-state index in [4.69, 9.17) is 10.5 Å². The standard InChI is InChI=1S/C13H19N3O2S/c14-10-6-11(15-7-9-2-1-5-18-9)19-12(10)13(17)16-8-3-4-8/h6,8-9,15H,1-5,7,14H2,(H,16,17). The molecule has 1 aromatic heterocycles. The van der Waals surface area contributed by atoms with Gasteiger partial charge in [-0.1, -0.05) is 0 Å². The number of nitrogens with one attached hydrogen (secondary N) is 2. The van der Waals surface area contributed by atoms with Gasteiger partial charge in [0.05, 0.1) is 16.8 Å². The van der Waals surface area contributed by atoms with Crippen LogP contribution in [0.4, 0.5) is 10.7 Å². The molecule has 0 radical (unpaired) electrons. The van der Waals surface area contributed by atoms with Crippen LogP contribution in [0.1, 0.15) is 35.4 Å². The second-order valence-electron chi connectivity index (χ2n) is 5.16. The number of carbonyl (C=O) groups is 1. The van der Waals surface area contributed by atoms with Crippen molar-refractivity contribution in [3.8, 4) is 0 Å². The molecule has 19 heavy (non-hydrogen) atoms. The molecule has 3 rings (SSSR count). The van der Waals surface area contributed by atoms with E-state index in [-0.39, 0.29) is 12.0 Å². The molecular weight excluding hydrogens is 262 g/mol. The predicted molar refractivity (Wildman–Crippen MR) is 76.7 cm³/mol. The maximum atomic E-state index is 12.0. The minimum Gasteiger partial charge on any atom is -0.397 e. The van der Waals surface area contributed by atoms with Gasteiger partial charge in [-0.3, -0.25) is 4.79 Å². The van der Waals surface area contributed by atoms with Crippen molar-refractivity contribution in [1.29, 1.82) is 0 Å². The maximum Gasteiger partial charge on any atom is 0.263 e. The Balaban J connectivity index is 1.57. The zero-order chi connectivity index (χ0) is 13.2. The van der Waals surface area contributed by atoms with E-state index in [1.165, 1.54) is 11.3 Å². The van der Waals surface area contributed by atoms with Crippen LogP contribution in [0.5, 0.6) is 0 Å². The highest BCUT2D eigenvalue weighted by atomic mass is 32.1. The van der Waals surface area contributed by atoms with E-state index in [1.807, 2.05) is 6.07 Å². The monoisotopic (exact) mass is 281 g/mol. The van der Waals surface area contributed by atoms with Crippen LogP contribution in [0, 0.1) is 0 Å². The molecule has 1 unspecified atom stereocenters. The number of rotatable bonds is 5. The lowest BCUT2D eigenvalue weighted by Gasteiger charge is -2.09. The lowest BCUT2D eigenvalue weighted by molar-refractivity contribution is 0.0956. The van der Waals surface area contributed by atoms with Crippen LogP contribution in [0.3, 0.4) is 0 Å². The molecule has 0 bridgehead atoms. The van der Waals surface area contributed by atoms with Gasteiger partial charge in [0.2, 0.25) is 0 Å². The Hall–Kier alpha value is -1.27. The Morgan fingerprint density at radius 2 is 2.32 bits per heavy atom. The molecule has 0 aromatic carbocycles. The van der Waals surface area contributed by atoms with Gasteiger partial charge in [0.15, 0.2) is 0 Å². The Morgan fingerprint density at radius 3 is 3.00 bits per heavy atom. The molecule has 1 aliphatic carbocycles. The lowest BCUT2D eigenvalue weighted by Crippen LogP contribution is -2.25. The van der Waals surface area contributed by atoms with E-state index in [2.05, 4.69) is 10.6 Å². The quantitative estimate of drug-likeness (QED) is 0.769. The summed E-state index contributed by atoms with van der Waals surface area (Å²) in [6.07, 6.45) is 4.69. The van der Waals surface area contributed by atoms with E-state index in [0.29, 0.717) is 16.6 Å². The molecule has 6 heteroatoms. The highest BCUT2D eigenvalue weighted by Gasteiger charge is 2.25. The molecule has 104 valence electrons. The van der Waals surface area contributed by atoms with Gasteiger partial charge >= 0.3 is 0 Å². The molecule has 1 saturated heterocycles. The number of nitrogens with two attached hydrogens (primary N) is 1. The zero-order valence-electron chi connectivity index (χ0n) is 10.8. The third-order valence-corrected chi connectivity index (χ3v) is 4.51. The molecule has 0 spiro atoms. The van der Waals surface area contributed by atoms with Crippen molar-refractivity contribution < 1.29 is 9.53 Å². The molecule has 2 fully saturated rings. The van der Waals surface area contributed by atoms with Crippen molar-refractivity contribution in [3.63, 3.8) is 0 Å². The lowest BCUT2D eigenvalue weighted by atomic mass is 10.2. The average Bonchev–Trinajstić information content (AvgIpc) is 2.92. The Labute approximate surface area is 116 Å². The van der Waals surface area contributed by atoms with Gasteiger partial charge in [-0.15, -0.1) is 11.3 Å². The van der Waals surface area contributed by atoms with Gasteiger partial charge in [-0.2, -0.15) is 0 Å². The third kappa shape index (κ3) is 3.19. The number of thiophene rings is 1. The first kappa shape index (κ1) is 12.7. The van der Waals surface area contributed by atoms with Crippen LogP contribution in [-0.4, -0.2) is 31.2 Å². The van der Waals surface area contributed by atoms with Crippen LogP contribution >= 0.6 is 11.3 Å². The molecule has 1 aromatic rings. The molecule has 1 aliphatic heterocycles. The molecule has 2 heterocycles. The van der Waals surface area contributed by atoms with Gasteiger partial charge in [0.1, 0.15) is 4.88 Å². The van der Waals surface area contributed by atoms with Gasteiger partial charge < -0.3 is 21.1 Å². The van der Waals surface area contributed by atoms with Crippen molar-refractivity contribution in [2.75, 3.05) is 24.2 Å². The molecule has 4 N–H and O–H groups in total. The summed E-state index contributed by atoms with van der Waals surface area (Å²) >= 11 is 1.42. The summed E-state index contributed by atoms with van der Waals surface area (Å²) in [7, 11) is 0. The van der Waals surface area contributed by atoms with E-state index in [0.717, 1.165) is 43.8 Å². The van der Waals surface area contributed by atoms with Gasteiger partial charge in [0, 0.05) is 19.2 Å². The minimum atomic E-state index is -0.0461. The highest BCUT2D eigenvalue weighted by molar-refractivity contribution is 7.18. The first-order valence-electron chi connectivity index (χ1n) is 6.78. The normalized spacial score (nSPS) is 22.4. The summed E-state index contributed by atoms with van der Waals surface area (Å²) in [6, 6.07) is 2.19. The fourth-order valence-corrected chi connectivity index (χ4v) is 3.06. The van der Waals surface area contributed by atoms with Crippen LogP contribution in [0.15, 0.2) is 6.07 Å². The number of hydrogen-bond acceptors (Lipinski definition) is 5. The number of carbonyl (C=O) groups excluding carboxylic acids is 1. The van der Waals surface area contributed by atoms with E-state index < -0.39 is 0 Å². The van der Waals surface area contributed by atoms with Crippen molar-refractivity contribution >= 4 is 27.9 Å². The Morgan fingerprint density at radius 1 is 1.47 bits per heavy atom. The third-order valence-electron chi connectivity index (χ3n) is 3.41. The minimum absolute atomic E-state index is 0.0461. The Kier molecular flexibility index (Phi) is 3.61. The van der Waals surface area contributed by atoms with Crippen molar-refractivity contribution in [2.45, 2.75) is 37.8 Å². The van der Waals surface area contributed by atoms with Gasteiger partial charge in [0.25, 0.3) is 5.91 Å². The number of nitrogen functional groups attached to an aromatic ring is 1. The Bertz CT molecular complexity index is 464. The van der Waals surface area contributed by atoms with Crippen LogP contribution in [0.2, 0.25) is 0 Å². The second-order valence-corrected chi connectivity index (χ2v) is 6.21. The summed E-state index contributed by atoms with van der Waals surface area (Å²) in [5.41, 5.74) is 6.45. The van der Waals surface area contributed by atoms with Crippen molar-refractivity contribution in [1.82, 2.24) is 5.32 Å². The van der Waals surface area contributed by atoms with Gasteiger partial charge in [-0.25, -0.2) is 0 Å². The van der Waals surface area contributed by atoms with Crippen molar-refractivity contribution in [3.05, 3.63) is 10.9 Å². The molecule has 1 amide bonds. The van der Waals surface area contributed by atoms with Gasteiger partial charge in [-0.05, 0) is 31.7 Å². The molecule has 2 aliphatic rings. The first-order chi connectivity index (χ1) is 9.22. The summed E-state index contributed by atoms with van der Waals surface area (Å²) in [6.45, 7) is 1.64. The number of ether oxygens (including phenoxy) is 1. The molecule has 1 atom stereocenters. The smallest absolute Gasteiger partial charge is 0.263 e. The SMILES string of the molecule is Nc1cc(NCC2CCCO2)sc1C(=O)NC1CC1. The summed E-state index contributed by atoms with van der Waals surface area (Å²) < 4.78 is 5.55. The van der Waals surface area contributed by atoms with Crippen molar-refractivity contribution in [2.24, 2.45) is 0 Å². The predicted octanol–water partition coefficient (Wildman–Crippen LogP) is 1.81. The topological polar surface area (TPSA) is 76.4 Å². The largest absolute Gasteiger partial charge is 0.397 e. The summed E-state index contributed by atoms with van der Waals surface area (Å²) in [5, 5.41) is 7.20. The zero-order valence-corrected chi connectivity index (χ0v) is 11.6. The summed E-state index contributed by atoms with van der Waals surface area (Å²) in [5.74, 6) is -0.0461. The number of anilines is 2. The van der Waals surface area contributed by atoms with E-state index >= 15 is 0 Å².